The van der Waals surface area contributed by atoms with Crippen LogP contribution in [-0.2, 0) is 0 Å². The smallest absolute Gasteiger partial charge is 0.146 e. The molecule has 0 atom stereocenters. The lowest BCUT2D eigenvalue weighted by Crippen LogP contribution is -2.61. The van der Waals surface area contributed by atoms with E-state index in [1.54, 1.807) is 12.5 Å². The predicted octanol–water partition coefficient (Wildman–Crippen LogP) is 1.52. The van der Waals surface area contributed by atoms with Crippen molar-refractivity contribution in [2.75, 3.05) is 37.7 Å². The maximum Gasteiger partial charge on any atom is 0.146 e. The highest BCUT2D eigenvalue weighted by Crippen LogP contribution is 2.30. The Hall–Kier alpha value is -0.720. The summed E-state index contributed by atoms with van der Waals surface area (Å²) in [6.07, 6.45) is 6.84. The van der Waals surface area contributed by atoms with Gasteiger partial charge in [-0.15, -0.1) is 0 Å². The first kappa shape index (κ1) is 14.2. The minimum absolute atomic E-state index is 0.337. The van der Waals surface area contributed by atoms with Gasteiger partial charge in [0, 0.05) is 31.9 Å². The molecule has 1 aromatic heterocycles. The molecule has 2 saturated heterocycles. The lowest BCUT2D eigenvalue weighted by Gasteiger charge is -2.48. The molecule has 0 aliphatic carbocycles. The van der Waals surface area contributed by atoms with Gasteiger partial charge in [0.2, 0.25) is 0 Å². The van der Waals surface area contributed by atoms with Gasteiger partial charge in [0.05, 0.1) is 4.47 Å². The summed E-state index contributed by atoms with van der Waals surface area (Å²) in [7, 11) is 0. The number of likely N-dealkylation sites (tertiary alicyclic amines) is 1. The summed E-state index contributed by atoms with van der Waals surface area (Å²) in [5.74, 6) is 1.73. The number of hydrogen-bond acceptors (Lipinski definition) is 5. The normalized spacial score (nSPS) is 22.0. The van der Waals surface area contributed by atoms with Crippen LogP contribution in [0.25, 0.3) is 0 Å². The topological polar surface area (TPSA) is 52.5 Å². The molecule has 2 aliphatic heterocycles. The van der Waals surface area contributed by atoms with Gasteiger partial charge in [0.15, 0.2) is 0 Å². The quantitative estimate of drug-likeness (QED) is 0.900. The highest BCUT2D eigenvalue weighted by atomic mass is 79.9. The van der Waals surface area contributed by atoms with E-state index in [4.69, 9.17) is 5.11 Å². The first-order valence-electron chi connectivity index (χ1n) is 7.33. The van der Waals surface area contributed by atoms with Crippen LogP contribution in [-0.4, -0.2) is 58.8 Å². The van der Waals surface area contributed by atoms with E-state index in [0.717, 1.165) is 35.7 Å². The second-order valence-electron chi connectivity index (χ2n) is 5.74. The Labute approximate surface area is 128 Å². The molecule has 1 N–H and O–H groups in total. The number of halogens is 1. The average Bonchev–Trinajstić information content (AvgIpc) is 2.41. The molecular weight excluding hydrogens is 320 g/mol. The fourth-order valence-corrected chi connectivity index (χ4v) is 3.66. The molecule has 0 radical (unpaired) electrons. The van der Waals surface area contributed by atoms with Crippen LogP contribution in [0.15, 0.2) is 17.0 Å². The molecule has 110 valence electrons. The first-order valence-corrected chi connectivity index (χ1v) is 8.12. The summed E-state index contributed by atoms with van der Waals surface area (Å²) in [6.45, 7) is 4.80. The number of aliphatic hydroxyl groups excluding tert-OH is 1. The van der Waals surface area contributed by atoms with E-state index in [1.165, 1.54) is 25.9 Å². The molecule has 2 fully saturated rings. The highest BCUT2D eigenvalue weighted by molar-refractivity contribution is 9.10. The number of hydrogen-bond donors (Lipinski definition) is 1. The van der Waals surface area contributed by atoms with Gasteiger partial charge >= 0.3 is 0 Å². The summed E-state index contributed by atoms with van der Waals surface area (Å²) >= 11 is 3.51. The van der Waals surface area contributed by atoms with Gasteiger partial charge in [-0.05, 0) is 54.2 Å². The van der Waals surface area contributed by atoms with E-state index >= 15 is 0 Å². The second kappa shape index (κ2) is 6.37. The zero-order chi connectivity index (χ0) is 13.9. The lowest BCUT2D eigenvalue weighted by molar-refractivity contribution is 0.102. The Morgan fingerprint density at radius 3 is 2.70 bits per heavy atom. The molecule has 3 heterocycles. The summed E-state index contributed by atoms with van der Waals surface area (Å²) in [5.41, 5.74) is 0. The number of aliphatic hydroxyl groups is 1. The molecule has 3 rings (SSSR count). The third-order valence-electron chi connectivity index (χ3n) is 4.51. The van der Waals surface area contributed by atoms with E-state index in [1.807, 2.05) is 0 Å². The minimum atomic E-state index is 0.337. The zero-order valence-electron chi connectivity index (χ0n) is 11.6. The number of aromatic nitrogens is 2. The van der Waals surface area contributed by atoms with Crippen LogP contribution in [0.2, 0.25) is 0 Å². The van der Waals surface area contributed by atoms with Gasteiger partial charge in [-0.3, -0.25) is 4.90 Å². The highest BCUT2D eigenvalue weighted by Gasteiger charge is 2.35. The maximum absolute atomic E-state index is 9.00. The molecule has 2 aliphatic rings. The lowest BCUT2D eigenvalue weighted by atomic mass is 9.92. The number of piperidine rings is 1. The zero-order valence-corrected chi connectivity index (χ0v) is 13.2. The largest absolute Gasteiger partial charge is 0.396 e. The molecule has 0 saturated carbocycles. The third kappa shape index (κ3) is 2.97. The van der Waals surface area contributed by atoms with Crippen LogP contribution in [0, 0.1) is 5.92 Å². The monoisotopic (exact) mass is 340 g/mol. The van der Waals surface area contributed by atoms with Crippen molar-refractivity contribution in [1.29, 1.82) is 0 Å². The molecule has 1 aromatic rings. The van der Waals surface area contributed by atoms with Gasteiger partial charge in [-0.2, -0.15) is 0 Å². The van der Waals surface area contributed by atoms with Gasteiger partial charge in [0.1, 0.15) is 12.1 Å². The Morgan fingerprint density at radius 1 is 1.30 bits per heavy atom. The number of rotatable bonds is 4. The molecule has 0 unspecified atom stereocenters. The number of nitrogens with zero attached hydrogens (tertiary/aromatic N) is 4. The van der Waals surface area contributed by atoms with E-state index in [9.17, 15) is 0 Å². The molecule has 0 aromatic carbocycles. The Balaban J connectivity index is 1.48. The van der Waals surface area contributed by atoms with Gasteiger partial charge in [-0.1, -0.05) is 0 Å². The molecule has 0 amide bonds. The standard InChI is InChI=1S/C14H21BrN4O/c15-13-7-16-10-17-14(13)19-8-12(9-19)18-4-1-11(2-5-18)3-6-20/h7,10-12,20H,1-6,8-9H2. The molecule has 0 spiro atoms. The fraction of sp³-hybridized carbons (Fsp3) is 0.714. The predicted molar refractivity (Wildman–Crippen MR) is 81.7 cm³/mol. The van der Waals surface area contributed by atoms with E-state index in [2.05, 4.69) is 35.7 Å². The van der Waals surface area contributed by atoms with Crippen LogP contribution in [0.1, 0.15) is 19.3 Å². The van der Waals surface area contributed by atoms with Gasteiger partial charge in [-0.25, -0.2) is 9.97 Å². The maximum atomic E-state index is 9.00. The van der Waals surface area contributed by atoms with Crippen LogP contribution in [0.4, 0.5) is 5.82 Å². The summed E-state index contributed by atoms with van der Waals surface area (Å²) in [4.78, 5) is 13.2. The van der Waals surface area contributed by atoms with Crippen molar-refractivity contribution >= 4 is 21.7 Å². The fourth-order valence-electron chi connectivity index (χ4n) is 3.19. The Kier molecular flexibility index (Phi) is 4.53. The van der Waals surface area contributed by atoms with Crippen LogP contribution < -0.4 is 4.90 Å². The molecule has 5 nitrogen and oxygen atoms in total. The average molecular weight is 341 g/mol. The Bertz CT molecular complexity index is 445. The van der Waals surface area contributed by atoms with Crippen LogP contribution in [0.3, 0.4) is 0 Å². The van der Waals surface area contributed by atoms with E-state index < -0.39 is 0 Å². The minimum Gasteiger partial charge on any atom is -0.396 e. The summed E-state index contributed by atoms with van der Waals surface area (Å²) in [6, 6.07) is 0.659. The van der Waals surface area contributed by atoms with Crippen molar-refractivity contribution in [2.24, 2.45) is 5.92 Å². The van der Waals surface area contributed by atoms with E-state index in [0.29, 0.717) is 12.6 Å². The van der Waals surface area contributed by atoms with Gasteiger partial charge in [0.25, 0.3) is 0 Å². The Morgan fingerprint density at radius 2 is 2.05 bits per heavy atom. The van der Waals surface area contributed by atoms with Crippen LogP contribution >= 0.6 is 15.9 Å². The SMILES string of the molecule is OCCC1CCN(C2CN(c3ncncc3Br)C2)CC1. The van der Waals surface area contributed by atoms with Crippen molar-refractivity contribution in [3.05, 3.63) is 17.0 Å². The van der Waals surface area contributed by atoms with E-state index in [-0.39, 0.29) is 0 Å². The van der Waals surface area contributed by atoms with Crippen molar-refractivity contribution in [3.8, 4) is 0 Å². The first-order chi connectivity index (χ1) is 9.78. The molecule has 20 heavy (non-hydrogen) atoms. The molecule has 6 heteroatoms. The second-order valence-corrected chi connectivity index (χ2v) is 6.60. The van der Waals surface area contributed by atoms with Crippen molar-refractivity contribution in [1.82, 2.24) is 14.9 Å². The molecule has 0 bridgehead atoms. The van der Waals surface area contributed by atoms with Gasteiger partial charge < -0.3 is 10.0 Å². The summed E-state index contributed by atoms with van der Waals surface area (Å²) < 4.78 is 0.972. The van der Waals surface area contributed by atoms with Crippen molar-refractivity contribution in [2.45, 2.75) is 25.3 Å². The van der Waals surface area contributed by atoms with Crippen molar-refractivity contribution < 1.29 is 5.11 Å². The number of anilines is 1. The summed E-state index contributed by atoms with van der Waals surface area (Å²) in [5, 5.41) is 9.00. The van der Waals surface area contributed by atoms with Crippen LogP contribution in [0.5, 0.6) is 0 Å². The van der Waals surface area contributed by atoms with Crippen molar-refractivity contribution in [3.63, 3.8) is 0 Å². The third-order valence-corrected chi connectivity index (χ3v) is 5.07. The molecular formula is C14H21BrN4O.